The van der Waals surface area contributed by atoms with Crippen LogP contribution in [0.2, 0.25) is 0 Å². The van der Waals surface area contributed by atoms with Crippen molar-refractivity contribution in [3.63, 3.8) is 0 Å². The number of thioether (sulfide) groups is 1. The lowest BCUT2D eigenvalue weighted by Gasteiger charge is -2.04. The van der Waals surface area contributed by atoms with E-state index in [9.17, 15) is 4.79 Å². The van der Waals surface area contributed by atoms with Crippen LogP contribution < -0.4 is 5.76 Å². The topological polar surface area (TPSA) is 78.2 Å². The molecule has 4 rings (SSSR count). The Kier molecular flexibility index (Phi) is 3.61. The molecule has 0 N–H and O–H groups in total. The molecule has 0 spiro atoms. The number of oxazole rings is 1. The van der Waals surface area contributed by atoms with Crippen molar-refractivity contribution in [1.29, 1.82) is 0 Å². The van der Waals surface area contributed by atoms with Crippen LogP contribution in [0.1, 0.15) is 11.5 Å². The van der Waals surface area contributed by atoms with Crippen molar-refractivity contribution < 1.29 is 4.42 Å². The van der Waals surface area contributed by atoms with Gasteiger partial charge in [-0.1, -0.05) is 23.9 Å². The highest BCUT2D eigenvalue weighted by Crippen LogP contribution is 2.20. The van der Waals surface area contributed by atoms with E-state index in [0.29, 0.717) is 17.9 Å². The van der Waals surface area contributed by atoms with Gasteiger partial charge in [-0.15, -0.1) is 10.2 Å². The normalized spacial score (nSPS) is 11.6. The third kappa shape index (κ3) is 2.48. The zero-order valence-corrected chi connectivity index (χ0v) is 14.1. The van der Waals surface area contributed by atoms with Crippen LogP contribution in [0.25, 0.3) is 16.7 Å². The molecular formula is C16H15N5O2S. The minimum absolute atomic E-state index is 0.337. The molecule has 0 bridgehead atoms. The van der Waals surface area contributed by atoms with Crippen LogP contribution in [-0.4, -0.2) is 29.9 Å². The molecule has 3 heterocycles. The Morgan fingerprint density at radius 1 is 1.21 bits per heavy atom. The second-order valence-electron chi connectivity index (χ2n) is 5.46. The van der Waals surface area contributed by atoms with Crippen LogP contribution in [0.3, 0.4) is 0 Å². The molecule has 0 aliphatic rings. The maximum absolute atomic E-state index is 12.0. The van der Waals surface area contributed by atoms with Crippen molar-refractivity contribution in [3.05, 3.63) is 52.4 Å². The molecule has 0 fully saturated rings. The summed E-state index contributed by atoms with van der Waals surface area (Å²) in [5, 5.41) is 9.19. The lowest BCUT2D eigenvalue weighted by molar-refractivity contribution is 0.514. The van der Waals surface area contributed by atoms with E-state index in [1.165, 1.54) is 0 Å². The molecule has 0 aliphatic heterocycles. The first-order chi connectivity index (χ1) is 11.6. The SMILES string of the molecule is Cc1cc2nnc(SCCn3c(=O)oc4ccccc43)n2c(C)n1. The highest BCUT2D eigenvalue weighted by atomic mass is 32.2. The number of hydrogen-bond acceptors (Lipinski definition) is 6. The Bertz CT molecular complexity index is 1090. The van der Waals surface area contributed by atoms with Crippen LogP contribution in [0.4, 0.5) is 0 Å². The van der Waals surface area contributed by atoms with Gasteiger partial charge < -0.3 is 4.42 Å². The highest BCUT2D eigenvalue weighted by Gasteiger charge is 2.12. The summed E-state index contributed by atoms with van der Waals surface area (Å²) in [4.78, 5) is 16.4. The van der Waals surface area contributed by atoms with E-state index < -0.39 is 0 Å². The maximum Gasteiger partial charge on any atom is 0.419 e. The van der Waals surface area contributed by atoms with Crippen molar-refractivity contribution >= 4 is 28.5 Å². The summed E-state index contributed by atoms with van der Waals surface area (Å²) in [5.74, 6) is 1.19. The van der Waals surface area contributed by atoms with Crippen LogP contribution in [0.5, 0.6) is 0 Å². The third-order valence-corrected chi connectivity index (χ3v) is 4.69. The first kappa shape index (κ1) is 14.9. The number of benzene rings is 1. The number of hydrogen-bond donors (Lipinski definition) is 0. The van der Waals surface area contributed by atoms with Crippen molar-refractivity contribution in [2.75, 3.05) is 5.75 Å². The standard InChI is InChI=1S/C16H15N5O2S/c1-10-9-14-18-19-15(21(14)11(2)17-10)24-8-7-20-12-5-3-4-6-13(12)23-16(20)22/h3-6,9H,7-8H2,1-2H3. The average molecular weight is 341 g/mol. The molecule has 24 heavy (non-hydrogen) atoms. The Morgan fingerprint density at radius 2 is 2.04 bits per heavy atom. The number of aromatic nitrogens is 5. The Morgan fingerprint density at radius 3 is 2.92 bits per heavy atom. The molecule has 0 amide bonds. The van der Waals surface area contributed by atoms with E-state index >= 15 is 0 Å². The molecule has 8 heteroatoms. The fraction of sp³-hybridized carbons (Fsp3) is 0.250. The molecule has 4 aromatic rings. The Balaban J connectivity index is 1.58. The van der Waals surface area contributed by atoms with Gasteiger partial charge in [0.2, 0.25) is 0 Å². The first-order valence-corrected chi connectivity index (χ1v) is 8.52. The van der Waals surface area contributed by atoms with Gasteiger partial charge in [-0.3, -0.25) is 8.97 Å². The van der Waals surface area contributed by atoms with Crippen molar-refractivity contribution in [1.82, 2.24) is 24.1 Å². The smallest absolute Gasteiger partial charge is 0.408 e. The predicted molar refractivity (Wildman–Crippen MR) is 91.5 cm³/mol. The Hall–Kier alpha value is -2.61. The van der Waals surface area contributed by atoms with Gasteiger partial charge in [-0.2, -0.15) is 0 Å². The number of fused-ring (bicyclic) bond motifs is 2. The van der Waals surface area contributed by atoms with E-state index in [2.05, 4.69) is 15.2 Å². The molecule has 0 saturated heterocycles. The second-order valence-corrected chi connectivity index (χ2v) is 6.52. The van der Waals surface area contributed by atoms with E-state index in [1.807, 2.05) is 42.5 Å². The maximum atomic E-state index is 12.0. The highest BCUT2D eigenvalue weighted by molar-refractivity contribution is 7.99. The van der Waals surface area contributed by atoms with Gasteiger partial charge in [0, 0.05) is 24.1 Å². The number of rotatable bonds is 4. The number of aryl methyl sites for hydroxylation is 3. The quantitative estimate of drug-likeness (QED) is 0.531. The van der Waals surface area contributed by atoms with Gasteiger partial charge in [0.05, 0.1) is 5.52 Å². The molecule has 7 nitrogen and oxygen atoms in total. The lowest BCUT2D eigenvalue weighted by atomic mass is 10.3. The molecule has 0 saturated carbocycles. The average Bonchev–Trinajstić information content (AvgIpc) is 3.09. The third-order valence-electron chi connectivity index (χ3n) is 3.78. The summed E-state index contributed by atoms with van der Waals surface area (Å²) >= 11 is 1.54. The minimum Gasteiger partial charge on any atom is -0.408 e. The summed E-state index contributed by atoms with van der Waals surface area (Å²) in [7, 11) is 0. The van der Waals surface area contributed by atoms with Gasteiger partial charge in [-0.25, -0.2) is 9.78 Å². The predicted octanol–water partition coefficient (Wildman–Crippen LogP) is 2.44. The van der Waals surface area contributed by atoms with Crippen LogP contribution in [0.15, 0.2) is 44.7 Å². The molecule has 0 aliphatic carbocycles. The summed E-state index contributed by atoms with van der Waals surface area (Å²) in [6.45, 7) is 4.40. The summed E-state index contributed by atoms with van der Waals surface area (Å²) in [6.07, 6.45) is 0. The van der Waals surface area contributed by atoms with Crippen LogP contribution in [-0.2, 0) is 6.54 Å². The fourth-order valence-electron chi connectivity index (χ4n) is 2.75. The molecular weight excluding hydrogens is 326 g/mol. The summed E-state index contributed by atoms with van der Waals surface area (Å²) < 4.78 is 8.81. The van der Waals surface area contributed by atoms with Gasteiger partial charge >= 0.3 is 5.76 Å². The largest absolute Gasteiger partial charge is 0.419 e. The van der Waals surface area contributed by atoms with E-state index in [1.54, 1.807) is 22.4 Å². The van der Waals surface area contributed by atoms with Gasteiger partial charge in [0.1, 0.15) is 5.82 Å². The van der Waals surface area contributed by atoms with Crippen LogP contribution in [0, 0.1) is 13.8 Å². The molecule has 3 aromatic heterocycles. The van der Waals surface area contributed by atoms with E-state index in [4.69, 9.17) is 4.42 Å². The van der Waals surface area contributed by atoms with Crippen molar-refractivity contribution in [2.24, 2.45) is 0 Å². The summed E-state index contributed by atoms with van der Waals surface area (Å²) in [5.41, 5.74) is 3.12. The zero-order chi connectivity index (χ0) is 16.7. The minimum atomic E-state index is -0.337. The number of para-hydroxylation sites is 2. The summed E-state index contributed by atoms with van der Waals surface area (Å²) in [6, 6.07) is 9.32. The fourth-order valence-corrected chi connectivity index (χ4v) is 3.66. The van der Waals surface area contributed by atoms with Crippen LogP contribution >= 0.6 is 11.8 Å². The lowest BCUT2D eigenvalue weighted by Crippen LogP contribution is -2.15. The van der Waals surface area contributed by atoms with Gasteiger partial charge in [-0.05, 0) is 26.0 Å². The van der Waals surface area contributed by atoms with E-state index in [-0.39, 0.29) is 5.76 Å². The molecule has 0 radical (unpaired) electrons. The Labute approximate surface area is 141 Å². The molecule has 0 atom stereocenters. The van der Waals surface area contributed by atoms with Crippen molar-refractivity contribution in [3.8, 4) is 0 Å². The number of nitrogens with zero attached hydrogens (tertiary/aromatic N) is 5. The monoisotopic (exact) mass is 341 g/mol. The first-order valence-electron chi connectivity index (χ1n) is 7.54. The zero-order valence-electron chi connectivity index (χ0n) is 13.3. The van der Waals surface area contributed by atoms with Crippen molar-refractivity contribution in [2.45, 2.75) is 25.5 Å². The molecule has 1 aromatic carbocycles. The molecule has 122 valence electrons. The van der Waals surface area contributed by atoms with Gasteiger partial charge in [0.15, 0.2) is 16.4 Å². The second kappa shape index (κ2) is 5.79. The van der Waals surface area contributed by atoms with Gasteiger partial charge in [0.25, 0.3) is 0 Å². The molecule has 0 unspecified atom stereocenters. The van der Waals surface area contributed by atoms with E-state index in [0.717, 1.165) is 27.8 Å².